The van der Waals surface area contributed by atoms with Gasteiger partial charge in [0, 0.05) is 19.5 Å². The summed E-state index contributed by atoms with van der Waals surface area (Å²) in [5.74, 6) is 2.80. The Balaban J connectivity index is 4.12. The molecule has 0 unspecified atom stereocenters. The highest BCUT2D eigenvalue weighted by Gasteiger charge is 2.12. The quantitative estimate of drug-likeness (QED) is 0.202. The normalized spacial score (nSPS) is 11.8. The van der Waals surface area contributed by atoms with Gasteiger partial charge in [0.15, 0.2) is 0 Å². The molecule has 0 aromatic heterocycles. The van der Waals surface area contributed by atoms with Gasteiger partial charge in [-0.2, -0.15) is 0 Å². The molecule has 168 valence electrons. The highest BCUT2D eigenvalue weighted by Crippen LogP contribution is 2.14. The van der Waals surface area contributed by atoms with Gasteiger partial charge in [-0.25, -0.2) is 0 Å². The van der Waals surface area contributed by atoms with E-state index in [1.807, 2.05) is 0 Å². The lowest BCUT2D eigenvalue weighted by Crippen LogP contribution is -2.32. The molecule has 0 spiro atoms. The zero-order valence-corrected chi connectivity index (χ0v) is 20.4. The standard InChI is InChI=1S/C26H53NO/c1-23(2)17-11-7-9-15-21-27(22-16-10-8-12-18-24(3)4)26(28)20-14-13-19-25(5)6/h23-25H,7-22H2,1-6H3. The molecule has 0 aromatic rings. The topological polar surface area (TPSA) is 20.3 Å². The van der Waals surface area contributed by atoms with Gasteiger partial charge in [0.1, 0.15) is 0 Å². The van der Waals surface area contributed by atoms with Crippen molar-refractivity contribution in [2.24, 2.45) is 17.8 Å². The van der Waals surface area contributed by atoms with Gasteiger partial charge in [0.05, 0.1) is 0 Å². The molecule has 0 fully saturated rings. The first-order chi connectivity index (χ1) is 13.3. The maximum absolute atomic E-state index is 12.7. The summed E-state index contributed by atoms with van der Waals surface area (Å²) in [7, 11) is 0. The van der Waals surface area contributed by atoms with Gasteiger partial charge in [-0.15, -0.1) is 0 Å². The Labute approximate surface area is 178 Å². The van der Waals surface area contributed by atoms with E-state index in [0.29, 0.717) is 5.91 Å². The number of amides is 1. The molecular weight excluding hydrogens is 342 g/mol. The maximum Gasteiger partial charge on any atom is 0.222 e. The fourth-order valence-electron chi connectivity index (χ4n) is 3.77. The molecule has 0 aliphatic rings. The van der Waals surface area contributed by atoms with Gasteiger partial charge in [-0.3, -0.25) is 4.79 Å². The zero-order valence-electron chi connectivity index (χ0n) is 20.4. The summed E-state index contributed by atoms with van der Waals surface area (Å²) >= 11 is 0. The SMILES string of the molecule is CC(C)CCCCCCN(CCCCCCC(C)C)C(=O)CCCCC(C)C. The van der Waals surface area contributed by atoms with E-state index >= 15 is 0 Å². The lowest BCUT2D eigenvalue weighted by Gasteiger charge is -2.23. The van der Waals surface area contributed by atoms with Gasteiger partial charge in [-0.05, 0) is 37.0 Å². The minimum Gasteiger partial charge on any atom is -0.343 e. The fraction of sp³-hybridized carbons (Fsp3) is 0.962. The van der Waals surface area contributed by atoms with Crippen molar-refractivity contribution in [2.45, 2.75) is 131 Å². The number of hydrogen-bond donors (Lipinski definition) is 0. The molecule has 0 bridgehead atoms. The van der Waals surface area contributed by atoms with Crippen LogP contribution in [0.15, 0.2) is 0 Å². The molecule has 1 amide bonds. The molecule has 0 heterocycles. The van der Waals surface area contributed by atoms with Crippen molar-refractivity contribution in [1.82, 2.24) is 4.90 Å². The van der Waals surface area contributed by atoms with Crippen LogP contribution in [0.25, 0.3) is 0 Å². The van der Waals surface area contributed by atoms with Crippen molar-refractivity contribution in [2.75, 3.05) is 13.1 Å². The van der Waals surface area contributed by atoms with Crippen molar-refractivity contribution in [3.8, 4) is 0 Å². The average Bonchev–Trinajstić information content (AvgIpc) is 2.61. The predicted molar refractivity (Wildman–Crippen MR) is 126 cm³/mol. The van der Waals surface area contributed by atoms with Gasteiger partial charge in [0.25, 0.3) is 0 Å². The van der Waals surface area contributed by atoms with E-state index in [4.69, 9.17) is 0 Å². The van der Waals surface area contributed by atoms with Gasteiger partial charge < -0.3 is 4.90 Å². The first-order valence-corrected chi connectivity index (χ1v) is 12.6. The maximum atomic E-state index is 12.7. The van der Waals surface area contributed by atoms with E-state index in [1.165, 1.54) is 77.0 Å². The predicted octanol–water partition coefficient (Wildman–Crippen LogP) is 8.24. The van der Waals surface area contributed by atoms with Crippen molar-refractivity contribution in [3.63, 3.8) is 0 Å². The molecule has 0 radical (unpaired) electrons. The van der Waals surface area contributed by atoms with E-state index in [9.17, 15) is 4.79 Å². The Morgan fingerprint density at radius 2 is 0.893 bits per heavy atom. The van der Waals surface area contributed by atoms with Crippen LogP contribution < -0.4 is 0 Å². The highest BCUT2D eigenvalue weighted by molar-refractivity contribution is 5.76. The van der Waals surface area contributed by atoms with Crippen LogP contribution in [0.5, 0.6) is 0 Å². The van der Waals surface area contributed by atoms with Crippen LogP contribution in [0.2, 0.25) is 0 Å². The molecule has 0 aromatic carbocycles. The summed E-state index contributed by atoms with van der Waals surface area (Å²) in [6.07, 6.45) is 17.2. The molecule has 0 aliphatic carbocycles. The summed E-state index contributed by atoms with van der Waals surface area (Å²) in [5, 5.41) is 0. The van der Waals surface area contributed by atoms with E-state index in [-0.39, 0.29) is 0 Å². The highest BCUT2D eigenvalue weighted by atomic mass is 16.2. The second kappa shape index (κ2) is 18.5. The summed E-state index contributed by atoms with van der Waals surface area (Å²) in [6, 6.07) is 0. The molecule has 0 atom stereocenters. The van der Waals surface area contributed by atoms with Gasteiger partial charge >= 0.3 is 0 Å². The summed E-state index contributed by atoms with van der Waals surface area (Å²) in [4.78, 5) is 14.9. The van der Waals surface area contributed by atoms with E-state index < -0.39 is 0 Å². The van der Waals surface area contributed by atoms with Crippen LogP contribution >= 0.6 is 0 Å². The summed E-state index contributed by atoms with van der Waals surface area (Å²) in [6.45, 7) is 15.7. The largest absolute Gasteiger partial charge is 0.343 e. The van der Waals surface area contributed by atoms with Crippen LogP contribution in [-0.2, 0) is 4.79 Å². The zero-order chi connectivity index (χ0) is 21.2. The van der Waals surface area contributed by atoms with Crippen LogP contribution in [0.4, 0.5) is 0 Å². The first-order valence-electron chi connectivity index (χ1n) is 12.6. The smallest absolute Gasteiger partial charge is 0.222 e. The molecule has 0 saturated carbocycles. The number of rotatable bonds is 19. The van der Waals surface area contributed by atoms with Crippen molar-refractivity contribution >= 4 is 5.91 Å². The number of unbranched alkanes of at least 4 members (excludes halogenated alkanes) is 7. The molecule has 28 heavy (non-hydrogen) atoms. The fourth-order valence-corrected chi connectivity index (χ4v) is 3.77. The van der Waals surface area contributed by atoms with Crippen LogP contribution in [0.1, 0.15) is 131 Å². The van der Waals surface area contributed by atoms with Gasteiger partial charge in [-0.1, -0.05) is 106 Å². The Hall–Kier alpha value is -0.530. The van der Waals surface area contributed by atoms with Crippen LogP contribution in [0, 0.1) is 17.8 Å². The lowest BCUT2D eigenvalue weighted by molar-refractivity contribution is -0.131. The Morgan fingerprint density at radius 1 is 0.536 bits per heavy atom. The Morgan fingerprint density at radius 3 is 1.29 bits per heavy atom. The third kappa shape index (κ3) is 18.8. The van der Waals surface area contributed by atoms with Crippen molar-refractivity contribution in [3.05, 3.63) is 0 Å². The Kier molecular flexibility index (Phi) is 18.1. The lowest BCUT2D eigenvalue weighted by atomic mass is 10.0. The number of nitrogens with zero attached hydrogens (tertiary/aromatic N) is 1. The number of carbonyl (C=O) groups excluding carboxylic acids is 1. The first kappa shape index (κ1) is 27.5. The minimum atomic E-state index is 0.410. The van der Waals surface area contributed by atoms with Crippen LogP contribution in [-0.4, -0.2) is 23.9 Å². The third-order valence-electron chi connectivity index (χ3n) is 5.69. The second-order valence-electron chi connectivity index (χ2n) is 10.2. The second-order valence-corrected chi connectivity index (χ2v) is 10.2. The molecule has 0 saturated heterocycles. The van der Waals surface area contributed by atoms with Crippen LogP contribution in [0.3, 0.4) is 0 Å². The molecule has 2 heteroatoms. The van der Waals surface area contributed by atoms with E-state index in [0.717, 1.165) is 43.7 Å². The summed E-state index contributed by atoms with van der Waals surface area (Å²) < 4.78 is 0. The minimum absolute atomic E-state index is 0.410. The monoisotopic (exact) mass is 395 g/mol. The third-order valence-corrected chi connectivity index (χ3v) is 5.69. The Bertz CT molecular complexity index is 328. The van der Waals surface area contributed by atoms with Gasteiger partial charge in [0.2, 0.25) is 5.91 Å². The molecule has 0 rings (SSSR count). The van der Waals surface area contributed by atoms with E-state index in [2.05, 4.69) is 46.4 Å². The molecule has 2 nitrogen and oxygen atoms in total. The van der Waals surface area contributed by atoms with E-state index in [1.54, 1.807) is 0 Å². The summed E-state index contributed by atoms with van der Waals surface area (Å²) in [5.41, 5.74) is 0. The average molecular weight is 396 g/mol. The van der Waals surface area contributed by atoms with Crippen molar-refractivity contribution < 1.29 is 4.79 Å². The number of hydrogen-bond acceptors (Lipinski definition) is 1. The number of carbonyl (C=O) groups is 1. The van der Waals surface area contributed by atoms with Crippen molar-refractivity contribution in [1.29, 1.82) is 0 Å². The molecule has 0 aliphatic heterocycles. The molecule has 0 N–H and O–H groups in total. The molecular formula is C26H53NO.